The quantitative estimate of drug-likeness (QED) is 0.743. The van der Waals surface area contributed by atoms with Gasteiger partial charge in [-0.05, 0) is 26.2 Å². The van der Waals surface area contributed by atoms with Crippen LogP contribution in [0.2, 0.25) is 0 Å². The largest absolute Gasteiger partial charge is 0.367 e. The van der Waals surface area contributed by atoms with Crippen molar-refractivity contribution in [1.29, 1.82) is 0 Å². The second-order valence-corrected chi connectivity index (χ2v) is 4.20. The first-order valence-electron chi connectivity index (χ1n) is 4.63. The maximum atomic E-state index is 5.49. The number of nitrogens with two attached hydrogens (primary N) is 1. The molecule has 0 spiro atoms. The van der Waals surface area contributed by atoms with Gasteiger partial charge in [0.2, 0.25) is 11.1 Å². The van der Waals surface area contributed by atoms with Gasteiger partial charge in [0.05, 0.1) is 0 Å². The lowest BCUT2D eigenvalue weighted by atomic mass is 10.1. The van der Waals surface area contributed by atoms with Crippen molar-refractivity contribution >= 4 is 22.6 Å². The summed E-state index contributed by atoms with van der Waals surface area (Å²) in [5.74, 6) is 0.401. The lowest BCUT2D eigenvalue weighted by Gasteiger charge is -2.32. The minimum atomic E-state index is 0.401. The molecule has 0 aromatic carbocycles. The molecule has 1 aliphatic rings. The monoisotopic (exact) mass is 198 g/mol. The summed E-state index contributed by atoms with van der Waals surface area (Å²) in [6.07, 6.45) is 3.83. The van der Waals surface area contributed by atoms with Gasteiger partial charge in [-0.3, -0.25) is 0 Å². The van der Waals surface area contributed by atoms with Crippen LogP contribution in [-0.2, 0) is 0 Å². The van der Waals surface area contributed by atoms with E-state index in [1.165, 1.54) is 30.8 Å². The molecule has 0 amide bonds. The summed E-state index contributed by atoms with van der Waals surface area (Å²) in [6.45, 7) is 3.33. The van der Waals surface area contributed by atoms with Crippen LogP contribution in [0.4, 0.5) is 11.1 Å². The first-order valence-corrected chi connectivity index (χ1v) is 5.40. The predicted octanol–water partition coefficient (Wildman–Crippen LogP) is 1.50. The Hall–Kier alpha value is -0.840. The standard InChI is InChI=1S/C8H14N4S/c1-6-4-2-3-5-12(6)8-10-7(9)11-13-8/h6H,2-5H2,1H3,(H2,9,11). The van der Waals surface area contributed by atoms with Crippen LogP contribution < -0.4 is 10.6 Å². The molecule has 5 heteroatoms. The van der Waals surface area contributed by atoms with Crippen LogP contribution in [0.5, 0.6) is 0 Å². The molecule has 2 heterocycles. The van der Waals surface area contributed by atoms with Crippen LogP contribution in [0.15, 0.2) is 0 Å². The van der Waals surface area contributed by atoms with Gasteiger partial charge in [-0.2, -0.15) is 9.36 Å². The van der Waals surface area contributed by atoms with Crippen LogP contribution in [-0.4, -0.2) is 21.9 Å². The molecule has 1 aromatic rings. The van der Waals surface area contributed by atoms with Crippen molar-refractivity contribution in [3.8, 4) is 0 Å². The van der Waals surface area contributed by atoms with E-state index in [1.807, 2.05) is 0 Å². The number of hydrogen-bond acceptors (Lipinski definition) is 5. The minimum absolute atomic E-state index is 0.401. The summed E-state index contributed by atoms with van der Waals surface area (Å²) in [4.78, 5) is 6.50. The summed E-state index contributed by atoms with van der Waals surface area (Å²) >= 11 is 1.40. The van der Waals surface area contributed by atoms with Gasteiger partial charge in [-0.15, -0.1) is 0 Å². The van der Waals surface area contributed by atoms with Gasteiger partial charge >= 0.3 is 0 Å². The molecule has 2 N–H and O–H groups in total. The zero-order valence-electron chi connectivity index (χ0n) is 7.73. The Morgan fingerprint density at radius 3 is 3.00 bits per heavy atom. The van der Waals surface area contributed by atoms with E-state index in [9.17, 15) is 0 Å². The molecule has 2 rings (SSSR count). The van der Waals surface area contributed by atoms with E-state index in [0.29, 0.717) is 12.0 Å². The van der Waals surface area contributed by atoms with Gasteiger partial charge in [-0.25, -0.2) is 0 Å². The average molecular weight is 198 g/mol. The fourth-order valence-electron chi connectivity index (χ4n) is 1.73. The zero-order chi connectivity index (χ0) is 9.26. The van der Waals surface area contributed by atoms with Crippen molar-refractivity contribution in [2.45, 2.75) is 32.2 Å². The average Bonchev–Trinajstić information content (AvgIpc) is 2.53. The Kier molecular flexibility index (Phi) is 2.35. The van der Waals surface area contributed by atoms with Crippen LogP contribution in [0.25, 0.3) is 0 Å². The number of anilines is 2. The normalized spacial score (nSPS) is 23.5. The van der Waals surface area contributed by atoms with Gasteiger partial charge in [0.25, 0.3) is 0 Å². The molecule has 1 aromatic heterocycles. The molecule has 1 saturated heterocycles. The first kappa shape index (κ1) is 8.74. The highest BCUT2D eigenvalue weighted by Gasteiger charge is 2.21. The molecule has 0 bridgehead atoms. The number of piperidine rings is 1. The Morgan fingerprint density at radius 1 is 1.54 bits per heavy atom. The Bertz CT molecular complexity index is 285. The van der Waals surface area contributed by atoms with Gasteiger partial charge < -0.3 is 10.6 Å². The number of nitrogen functional groups attached to an aromatic ring is 1. The predicted molar refractivity (Wildman–Crippen MR) is 55.0 cm³/mol. The van der Waals surface area contributed by atoms with Crippen LogP contribution in [0, 0.1) is 0 Å². The van der Waals surface area contributed by atoms with Crippen molar-refractivity contribution < 1.29 is 0 Å². The summed E-state index contributed by atoms with van der Waals surface area (Å²) in [7, 11) is 0. The Balaban J connectivity index is 2.14. The van der Waals surface area contributed by atoms with Crippen LogP contribution in [0.3, 0.4) is 0 Å². The molecule has 4 nitrogen and oxygen atoms in total. The fourth-order valence-corrected chi connectivity index (χ4v) is 2.45. The highest BCUT2D eigenvalue weighted by atomic mass is 32.1. The van der Waals surface area contributed by atoms with Gasteiger partial charge in [0.1, 0.15) is 0 Å². The molecule has 72 valence electrons. The molecule has 0 saturated carbocycles. The van der Waals surface area contributed by atoms with Crippen molar-refractivity contribution in [3.05, 3.63) is 0 Å². The number of aromatic nitrogens is 2. The van der Waals surface area contributed by atoms with Crippen molar-refractivity contribution in [3.63, 3.8) is 0 Å². The molecule has 1 fully saturated rings. The van der Waals surface area contributed by atoms with E-state index in [0.717, 1.165) is 11.7 Å². The lowest BCUT2D eigenvalue weighted by Crippen LogP contribution is -2.37. The number of nitrogens with zero attached hydrogens (tertiary/aromatic N) is 3. The topological polar surface area (TPSA) is 55.0 Å². The fraction of sp³-hybridized carbons (Fsp3) is 0.750. The highest BCUT2D eigenvalue weighted by molar-refractivity contribution is 7.09. The van der Waals surface area contributed by atoms with Crippen molar-refractivity contribution in [1.82, 2.24) is 9.36 Å². The van der Waals surface area contributed by atoms with E-state index in [-0.39, 0.29) is 0 Å². The SMILES string of the molecule is CC1CCCCN1c1nc(N)ns1. The maximum Gasteiger partial charge on any atom is 0.233 e. The minimum Gasteiger partial charge on any atom is -0.367 e. The maximum absolute atomic E-state index is 5.49. The van der Waals surface area contributed by atoms with E-state index >= 15 is 0 Å². The molecule has 0 radical (unpaired) electrons. The Labute approximate surface area is 81.9 Å². The molecule has 1 unspecified atom stereocenters. The zero-order valence-corrected chi connectivity index (χ0v) is 8.55. The van der Waals surface area contributed by atoms with E-state index in [2.05, 4.69) is 21.2 Å². The first-order chi connectivity index (χ1) is 6.27. The summed E-state index contributed by atoms with van der Waals surface area (Å²) in [6, 6.07) is 0.584. The smallest absolute Gasteiger partial charge is 0.233 e. The summed E-state index contributed by atoms with van der Waals surface area (Å²) in [5.41, 5.74) is 5.49. The van der Waals surface area contributed by atoms with Crippen LogP contribution in [0.1, 0.15) is 26.2 Å². The third-order valence-electron chi connectivity index (χ3n) is 2.48. The number of hydrogen-bond donors (Lipinski definition) is 1. The molecular formula is C8H14N4S. The summed E-state index contributed by atoms with van der Waals surface area (Å²) in [5, 5.41) is 0.977. The van der Waals surface area contributed by atoms with Crippen molar-refractivity contribution in [2.75, 3.05) is 17.2 Å². The molecule has 1 aliphatic heterocycles. The second-order valence-electron chi connectivity index (χ2n) is 3.47. The molecule has 13 heavy (non-hydrogen) atoms. The second kappa shape index (κ2) is 3.49. The van der Waals surface area contributed by atoms with Gasteiger partial charge in [0, 0.05) is 24.1 Å². The highest BCUT2D eigenvalue weighted by Crippen LogP contribution is 2.26. The lowest BCUT2D eigenvalue weighted by molar-refractivity contribution is 0.484. The third kappa shape index (κ3) is 1.75. The van der Waals surface area contributed by atoms with Crippen molar-refractivity contribution in [2.24, 2.45) is 0 Å². The molecular weight excluding hydrogens is 184 g/mol. The van der Waals surface area contributed by atoms with E-state index < -0.39 is 0 Å². The third-order valence-corrected chi connectivity index (χ3v) is 3.25. The molecule has 0 aliphatic carbocycles. The van der Waals surface area contributed by atoms with Gasteiger partial charge in [-0.1, -0.05) is 0 Å². The molecule has 1 atom stereocenters. The van der Waals surface area contributed by atoms with Crippen LogP contribution >= 0.6 is 11.5 Å². The summed E-state index contributed by atoms with van der Waals surface area (Å²) < 4.78 is 3.99. The van der Waals surface area contributed by atoms with Gasteiger partial charge in [0.15, 0.2) is 0 Å². The van der Waals surface area contributed by atoms with E-state index in [4.69, 9.17) is 5.73 Å². The number of rotatable bonds is 1. The van der Waals surface area contributed by atoms with E-state index in [1.54, 1.807) is 0 Å². The Morgan fingerprint density at radius 2 is 2.38 bits per heavy atom.